The largest absolute Gasteiger partial charge is 0.252 e. The number of halogens is 3. The fourth-order valence-corrected chi connectivity index (χ4v) is 3.65. The monoisotopic (exact) mass is 398 g/mol. The van der Waals surface area contributed by atoms with Crippen LogP contribution in [0.5, 0.6) is 0 Å². The highest BCUT2D eigenvalue weighted by Gasteiger charge is 2.07. The standard InChI is InChI=1S/C8H5Br3N2S/c9-5-1-2-14-6(5)4-13-8(11)3-7(10)12-13/h1-3H,4H2. The van der Waals surface area contributed by atoms with E-state index in [1.807, 2.05) is 16.8 Å². The number of nitrogens with zero attached hydrogens (tertiary/aromatic N) is 2. The van der Waals surface area contributed by atoms with Crippen molar-refractivity contribution in [3.05, 3.63) is 36.1 Å². The van der Waals surface area contributed by atoms with Crippen LogP contribution in [-0.4, -0.2) is 9.78 Å². The first-order chi connectivity index (χ1) is 6.66. The molecule has 2 nitrogen and oxygen atoms in total. The molecule has 0 bridgehead atoms. The molecule has 0 aliphatic rings. The molecule has 0 amide bonds. The van der Waals surface area contributed by atoms with Crippen molar-refractivity contribution in [2.24, 2.45) is 0 Å². The second-order valence-electron chi connectivity index (χ2n) is 2.64. The molecule has 0 atom stereocenters. The Morgan fingerprint density at radius 3 is 2.64 bits per heavy atom. The normalized spacial score (nSPS) is 10.8. The van der Waals surface area contributed by atoms with E-state index in [0.717, 1.165) is 20.2 Å². The first-order valence-electron chi connectivity index (χ1n) is 3.77. The Labute approximate surface area is 111 Å². The zero-order valence-corrected chi connectivity index (χ0v) is 12.5. The van der Waals surface area contributed by atoms with Gasteiger partial charge in [-0.15, -0.1) is 11.3 Å². The smallest absolute Gasteiger partial charge is 0.129 e. The van der Waals surface area contributed by atoms with Crippen molar-refractivity contribution in [1.29, 1.82) is 0 Å². The fourth-order valence-electron chi connectivity index (χ4n) is 1.05. The fraction of sp³-hybridized carbons (Fsp3) is 0.125. The lowest BCUT2D eigenvalue weighted by Crippen LogP contribution is -2.00. The number of hydrogen-bond donors (Lipinski definition) is 0. The molecule has 0 aromatic carbocycles. The van der Waals surface area contributed by atoms with Crippen LogP contribution in [0.15, 0.2) is 31.2 Å². The zero-order valence-electron chi connectivity index (χ0n) is 6.88. The highest BCUT2D eigenvalue weighted by Crippen LogP contribution is 2.25. The lowest BCUT2D eigenvalue weighted by atomic mass is 10.5. The molecule has 0 fully saturated rings. The minimum Gasteiger partial charge on any atom is -0.252 e. The lowest BCUT2D eigenvalue weighted by molar-refractivity contribution is 0.673. The van der Waals surface area contributed by atoms with Gasteiger partial charge in [0, 0.05) is 15.4 Å². The lowest BCUT2D eigenvalue weighted by Gasteiger charge is -2.01. The molecule has 14 heavy (non-hydrogen) atoms. The van der Waals surface area contributed by atoms with Crippen molar-refractivity contribution in [2.45, 2.75) is 6.54 Å². The van der Waals surface area contributed by atoms with Crippen molar-refractivity contribution < 1.29 is 0 Å². The van der Waals surface area contributed by atoms with Gasteiger partial charge in [-0.2, -0.15) is 5.10 Å². The molecule has 0 saturated carbocycles. The Morgan fingerprint density at radius 1 is 1.36 bits per heavy atom. The first kappa shape index (κ1) is 10.9. The Hall–Kier alpha value is 0.350. The molecule has 74 valence electrons. The summed E-state index contributed by atoms with van der Waals surface area (Å²) in [5.74, 6) is 0. The minimum absolute atomic E-state index is 0.782. The highest BCUT2D eigenvalue weighted by molar-refractivity contribution is 9.11. The number of aromatic nitrogens is 2. The van der Waals surface area contributed by atoms with Crippen molar-refractivity contribution >= 4 is 59.1 Å². The third kappa shape index (κ3) is 2.29. The highest BCUT2D eigenvalue weighted by atomic mass is 79.9. The molecule has 6 heteroatoms. The summed E-state index contributed by atoms with van der Waals surface area (Å²) in [5, 5.41) is 6.36. The van der Waals surface area contributed by atoms with E-state index in [0.29, 0.717) is 0 Å². The molecule has 0 unspecified atom stereocenters. The van der Waals surface area contributed by atoms with Crippen LogP contribution < -0.4 is 0 Å². The Morgan fingerprint density at radius 2 is 2.14 bits per heavy atom. The maximum Gasteiger partial charge on any atom is 0.129 e. The second kappa shape index (κ2) is 4.47. The summed E-state index contributed by atoms with van der Waals surface area (Å²) in [5.41, 5.74) is 0. The van der Waals surface area contributed by atoms with Crippen molar-refractivity contribution in [2.75, 3.05) is 0 Å². The molecule has 2 aromatic heterocycles. The van der Waals surface area contributed by atoms with Gasteiger partial charge in [0.25, 0.3) is 0 Å². The summed E-state index contributed by atoms with van der Waals surface area (Å²) in [7, 11) is 0. The molecular formula is C8H5Br3N2S. The molecule has 0 spiro atoms. The van der Waals surface area contributed by atoms with Crippen LogP contribution in [0.3, 0.4) is 0 Å². The average Bonchev–Trinajstić information content (AvgIpc) is 2.62. The molecular weight excluding hydrogens is 396 g/mol. The zero-order chi connectivity index (χ0) is 10.1. The van der Waals surface area contributed by atoms with Gasteiger partial charge >= 0.3 is 0 Å². The minimum atomic E-state index is 0.782. The SMILES string of the molecule is Brc1cc(Br)n(Cc2sccc2Br)n1. The van der Waals surface area contributed by atoms with Crippen LogP contribution in [0.2, 0.25) is 0 Å². The topological polar surface area (TPSA) is 17.8 Å². The molecule has 0 aliphatic heterocycles. The van der Waals surface area contributed by atoms with E-state index < -0.39 is 0 Å². The van der Waals surface area contributed by atoms with Crippen LogP contribution >= 0.6 is 59.1 Å². The average molecular weight is 401 g/mol. The Balaban J connectivity index is 2.27. The summed E-state index contributed by atoms with van der Waals surface area (Å²) in [4.78, 5) is 1.27. The van der Waals surface area contributed by atoms with Gasteiger partial charge < -0.3 is 0 Å². The van der Waals surface area contributed by atoms with E-state index >= 15 is 0 Å². The first-order valence-corrected chi connectivity index (χ1v) is 7.03. The third-order valence-corrected chi connectivity index (χ3v) is 4.62. The summed E-state index contributed by atoms with van der Waals surface area (Å²) in [6.45, 7) is 0.782. The number of thiophene rings is 1. The summed E-state index contributed by atoms with van der Waals surface area (Å²) in [6, 6.07) is 3.98. The predicted molar refractivity (Wildman–Crippen MR) is 68.7 cm³/mol. The van der Waals surface area contributed by atoms with E-state index in [2.05, 4.69) is 58.3 Å². The Kier molecular flexibility index (Phi) is 3.46. The predicted octanol–water partition coefficient (Wildman–Crippen LogP) is 4.28. The van der Waals surface area contributed by atoms with Gasteiger partial charge in [0.1, 0.15) is 9.21 Å². The molecule has 2 heterocycles. The maximum absolute atomic E-state index is 4.30. The van der Waals surface area contributed by atoms with Gasteiger partial charge in [0.05, 0.1) is 6.54 Å². The van der Waals surface area contributed by atoms with Crippen molar-refractivity contribution in [3.8, 4) is 0 Å². The molecule has 2 aromatic rings. The van der Waals surface area contributed by atoms with Crippen LogP contribution in [0.25, 0.3) is 0 Å². The molecule has 0 N–H and O–H groups in total. The molecule has 0 radical (unpaired) electrons. The molecule has 2 rings (SSSR count). The van der Waals surface area contributed by atoms with E-state index in [1.165, 1.54) is 4.88 Å². The quantitative estimate of drug-likeness (QED) is 0.735. The summed E-state index contributed by atoms with van der Waals surface area (Å²) >= 11 is 12.0. The van der Waals surface area contributed by atoms with Gasteiger partial charge in [-0.1, -0.05) is 0 Å². The summed E-state index contributed by atoms with van der Waals surface area (Å²) < 4.78 is 4.86. The van der Waals surface area contributed by atoms with Crippen molar-refractivity contribution in [3.63, 3.8) is 0 Å². The van der Waals surface area contributed by atoms with Gasteiger partial charge in [0.2, 0.25) is 0 Å². The molecule has 0 aliphatic carbocycles. The molecule has 0 saturated heterocycles. The van der Waals surface area contributed by atoms with Crippen LogP contribution in [0, 0.1) is 0 Å². The van der Waals surface area contributed by atoms with Gasteiger partial charge in [0.15, 0.2) is 0 Å². The number of rotatable bonds is 2. The number of hydrogen-bond acceptors (Lipinski definition) is 2. The van der Waals surface area contributed by atoms with Crippen LogP contribution in [0.1, 0.15) is 4.88 Å². The Bertz CT molecular complexity index is 449. The van der Waals surface area contributed by atoms with Crippen LogP contribution in [-0.2, 0) is 6.54 Å². The van der Waals surface area contributed by atoms with E-state index in [9.17, 15) is 0 Å². The second-order valence-corrected chi connectivity index (χ2v) is 6.12. The van der Waals surface area contributed by atoms with Gasteiger partial charge in [-0.3, -0.25) is 4.68 Å². The van der Waals surface area contributed by atoms with Crippen LogP contribution in [0.4, 0.5) is 0 Å². The van der Waals surface area contributed by atoms with E-state index in [4.69, 9.17) is 0 Å². The van der Waals surface area contributed by atoms with Gasteiger partial charge in [-0.05, 0) is 59.2 Å². The van der Waals surface area contributed by atoms with Gasteiger partial charge in [-0.25, -0.2) is 0 Å². The van der Waals surface area contributed by atoms with E-state index in [1.54, 1.807) is 11.3 Å². The maximum atomic E-state index is 4.30. The summed E-state index contributed by atoms with van der Waals surface area (Å²) in [6.07, 6.45) is 0. The third-order valence-electron chi connectivity index (χ3n) is 1.69. The van der Waals surface area contributed by atoms with Crippen molar-refractivity contribution in [1.82, 2.24) is 9.78 Å². The van der Waals surface area contributed by atoms with E-state index in [-0.39, 0.29) is 0 Å².